The molecule has 4 rings (SSSR count). The zero-order valence-electron chi connectivity index (χ0n) is 14.2. The molecule has 2 heterocycles. The molecule has 2 atom stereocenters. The summed E-state index contributed by atoms with van der Waals surface area (Å²) in [7, 11) is 0. The SMILES string of the molecule is C[C@@]1(c2ccccc2)COCCN2C(=O)c3c(Cl)c(Cl)c(Cl)c(Cl)c3[C@@]21O. The summed E-state index contributed by atoms with van der Waals surface area (Å²) in [6, 6.07) is 9.35. The maximum absolute atomic E-state index is 13.2. The number of hydrogen-bond acceptors (Lipinski definition) is 3. The van der Waals surface area contributed by atoms with E-state index in [2.05, 4.69) is 0 Å². The van der Waals surface area contributed by atoms with Crippen molar-refractivity contribution in [2.75, 3.05) is 19.8 Å². The van der Waals surface area contributed by atoms with Crippen LogP contribution in [-0.2, 0) is 15.9 Å². The van der Waals surface area contributed by atoms with Gasteiger partial charge in [0.15, 0.2) is 5.72 Å². The number of rotatable bonds is 1. The second kappa shape index (κ2) is 6.51. The van der Waals surface area contributed by atoms with Gasteiger partial charge in [0.2, 0.25) is 0 Å². The van der Waals surface area contributed by atoms with Crippen LogP contribution >= 0.6 is 46.4 Å². The Balaban J connectivity index is 2.10. The fourth-order valence-electron chi connectivity index (χ4n) is 4.04. The number of ether oxygens (including phenoxy) is 1. The number of fused-ring (bicyclic) bond motifs is 3. The lowest BCUT2D eigenvalue weighted by Crippen LogP contribution is -2.57. The van der Waals surface area contributed by atoms with Crippen molar-refractivity contribution in [1.29, 1.82) is 0 Å². The van der Waals surface area contributed by atoms with Crippen molar-refractivity contribution in [3.05, 3.63) is 67.1 Å². The van der Waals surface area contributed by atoms with E-state index in [1.807, 2.05) is 37.3 Å². The summed E-state index contributed by atoms with van der Waals surface area (Å²) in [5, 5.41) is 12.1. The van der Waals surface area contributed by atoms with E-state index in [0.29, 0.717) is 0 Å². The van der Waals surface area contributed by atoms with Crippen molar-refractivity contribution < 1.29 is 14.6 Å². The van der Waals surface area contributed by atoms with Gasteiger partial charge in [0.25, 0.3) is 5.91 Å². The molecule has 0 saturated carbocycles. The number of hydrogen-bond donors (Lipinski definition) is 1. The second-order valence-corrected chi connectivity index (χ2v) is 8.40. The Morgan fingerprint density at radius 1 is 1.04 bits per heavy atom. The predicted octanol–water partition coefficient (Wildman–Crippen LogP) is 4.89. The number of benzene rings is 2. The van der Waals surface area contributed by atoms with Gasteiger partial charge in [0.05, 0.1) is 44.3 Å². The minimum Gasteiger partial charge on any atom is -0.378 e. The van der Waals surface area contributed by atoms with Gasteiger partial charge in [-0.15, -0.1) is 0 Å². The molecule has 2 aromatic rings. The van der Waals surface area contributed by atoms with Crippen molar-refractivity contribution in [2.24, 2.45) is 0 Å². The van der Waals surface area contributed by atoms with Crippen molar-refractivity contribution in [1.82, 2.24) is 4.90 Å². The van der Waals surface area contributed by atoms with Crippen LogP contribution in [0.1, 0.15) is 28.4 Å². The number of carbonyl (C=O) groups is 1. The maximum Gasteiger partial charge on any atom is 0.258 e. The van der Waals surface area contributed by atoms with Crippen LogP contribution < -0.4 is 0 Å². The van der Waals surface area contributed by atoms with Gasteiger partial charge in [-0.3, -0.25) is 4.79 Å². The van der Waals surface area contributed by atoms with Crippen molar-refractivity contribution in [3.8, 4) is 0 Å². The van der Waals surface area contributed by atoms with Gasteiger partial charge in [-0.05, 0) is 12.5 Å². The Bertz CT molecular complexity index is 952. The summed E-state index contributed by atoms with van der Waals surface area (Å²) in [4.78, 5) is 14.6. The van der Waals surface area contributed by atoms with Gasteiger partial charge in [0, 0.05) is 12.1 Å². The molecule has 0 bridgehead atoms. The van der Waals surface area contributed by atoms with E-state index in [0.717, 1.165) is 5.56 Å². The number of amides is 1. The molecule has 2 aliphatic rings. The van der Waals surface area contributed by atoms with E-state index >= 15 is 0 Å². The molecule has 8 heteroatoms. The molecule has 142 valence electrons. The molecule has 1 fully saturated rings. The molecule has 0 spiro atoms. The normalized spacial score (nSPS) is 27.3. The Labute approximate surface area is 176 Å². The van der Waals surface area contributed by atoms with E-state index in [4.69, 9.17) is 51.1 Å². The molecule has 0 aliphatic carbocycles. The lowest BCUT2D eigenvalue weighted by molar-refractivity contribution is -0.136. The first-order chi connectivity index (χ1) is 12.7. The van der Waals surface area contributed by atoms with Crippen LogP contribution in [0.25, 0.3) is 0 Å². The fourth-order valence-corrected chi connectivity index (χ4v) is 5.10. The van der Waals surface area contributed by atoms with Crippen LogP contribution in [0.5, 0.6) is 0 Å². The topological polar surface area (TPSA) is 49.8 Å². The van der Waals surface area contributed by atoms with Crippen LogP contribution in [0, 0.1) is 0 Å². The number of carbonyl (C=O) groups excluding carboxylic acids is 1. The number of halogens is 4. The summed E-state index contributed by atoms with van der Waals surface area (Å²) in [6.45, 7) is 2.44. The van der Waals surface area contributed by atoms with Gasteiger partial charge in [-0.25, -0.2) is 0 Å². The van der Waals surface area contributed by atoms with Crippen LogP contribution in [0.2, 0.25) is 20.1 Å². The molecule has 2 aliphatic heterocycles. The molecular formula is C19H15Cl4NO3. The van der Waals surface area contributed by atoms with Gasteiger partial charge < -0.3 is 14.7 Å². The van der Waals surface area contributed by atoms with Crippen molar-refractivity contribution in [2.45, 2.75) is 18.1 Å². The first-order valence-corrected chi connectivity index (χ1v) is 9.80. The Morgan fingerprint density at radius 2 is 1.67 bits per heavy atom. The third-order valence-electron chi connectivity index (χ3n) is 5.50. The van der Waals surface area contributed by atoms with Gasteiger partial charge >= 0.3 is 0 Å². The molecule has 0 unspecified atom stereocenters. The number of aliphatic hydroxyl groups is 1. The summed E-state index contributed by atoms with van der Waals surface area (Å²) in [5.41, 5.74) is -1.77. The summed E-state index contributed by atoms with van der Waals surface area (Å²) >= 11 is 25.3. The third-order valence-corrected chi connectivity index (χ3v) is 7.30. The molecule has 2 aromatic carbocycles. The van der Waals surface area contributed by atoms with E-state index in [-0.39, 0.29) is 51.0 Å². The largest absolute Gasteiger partial charge is 0.378 e. The van der Waals surface area contributed by atoms with Crippen LogP contribution in [0.4, 0.5) is 0 Å². The molecule has 0 aromatic heterocycles. The van der Waals surface area contributed by atoms with Gasteiger partial charge in [0.1, 0.15) is 0 Å². The summed E-state index contributed by atoms with van der Waals surface area (Å²) in [5.74, 6) is -0.453. The lowest BCUT2D eigenvalue weighted by Gasteiger charge is -2.46. The van der Waals surface area contributed by atoms with E-state index in [1.165, 1.54) is 4.90 Å². The molecule has 1 amide bonds. The van der Waals surface area contributed by atoms with Crippen molar-refractivity contribution in [3.63, 3.8) is 0 Å². The molecule has 1 N–H and O–H groups in total. The lowest BCUT2D eigenvalue weighted by atomic mass is 9.70. The summed E-state index contributed by atoms with van der Waals surface area (Å²) < 4.78 is 5.76. The zero-order chi connectivity index (χ0) is 19.6. The van der Waals surface area contributed by atoms with Crippen LogP contribution in [0.15, 0.2) is 30.3 Å². The van der Waals surface area contributed by atoms with E-state index < -0.39 is 17.0 Å². The highest BCUT2D eigenvalue weighted by molar-refractivity contribution is 6.53. The minimum atomic E-state index is -1.80. The highest BCUT2D eigenvalue weighted by Crippen LogP contribution is 2.57. The first-order valence-electron chi connectivity index (χ1n) is 8.29. The second-order valence-electron chi connectivity index (χ2n) is 6.89. The highest BCUT2D eigenvalue weighted by Gasteiger charge is 2.63. The van der Waals surface area contributed by atoms with Crippen LogP contribution in [0.3, 0.4) is 0 Å². The third kappa shape index (κ3) is 2.41. The van der Waals surface area contributed by atoms with E-state index in [1.54, 1.807) is 0 Å². The Kier molecular flexibility index (Phi) is 4.66. The fraction of sp³-hybridized carbons (Fsp3) is 0.316. The maximum atomic E-state index is 13.2. The molecule has 4 nitrogen and oxygen atoms in total. The average molecular weight is 447 g/mol. The first kappa shape index (κ1) is 19.3. The van der Waals surface area contributed by atoms with Crippen molar-refractivity contribution >= 4 is 52.3 Å². The predicted molar refractivity (Wildman–Crippen MR) is 106 cm³/mol. The van der Waals surface area contributed by atoms with E-state index in [9.17, 15) is 9.90 Å². The Morgan fingerprint density at radius 3 is 2.33 bits per heavy atom. The smallest absolute Gasteiger partial charge is 0.258 e. The van der Waals surface area contributed by atoms with Gasteiger partial charge in [-0.1, -0.05) is 76.7 Å². The molecular weight excluding hydrogens is 432 g/mol. The van der Waals surface area contributed by atoms with Gasteiger partial charge in [-0.2, -0.15) is 0 Å². The minimum absolute atomic E-state index is 0.00523. The number of nitrogens with zero attached hydrogens (tertiary/aromatic N) is 1. The average Bonchev–Trinajstić information content (AvgIpc) is 2.81. The molecule has 0 radical (unpaired) electrons. The van der Waals surface area contributed by atoms with Crippen LogP contribution in [-0.4, -0.2) is 35.7 Å². The Hall–Kier alpha value is -1.01. The summed E-state index contributed by atoms with van der Waals surface area (Å²) in [6.07, 6.45) is 0. The molecule has 1 saturated heterocycles. The quantitative estimate of drug-likeness (QED) is 0.501. The zero-order valence-corrected chi connectivity index (χ0v) is 17.3. The highest BCUT2D eigenvalue weighted by atomic mass is 35.5. The standard InChI is InChI=1S/C19H15Cl4NO3/c1-18(10-5-3-2-4-6-10)9-27-8-7-24-17(25)11-12(19(18,24)26)14(21)16(23)15(22)13(11)20/h2-6,26H,7-9H2,1H3/t18-,19-/m0/s1. The monoisotopic (exact) mass is 445 g/mol. The molecule has 27 heavy (non-hydrogen) atoms.